The molecule has 3 saturated carbocycles. The molecule has 0 radical (unpaired) electrons. The highest BCUT2D eigenvalue weighted by atomic mass is 19.4. The minimum Gasteiger partial charge on any atom is -0.388 e. The van der Waals surface area contributed by atoms with Crippen LogP contribution in [0.15, 0.2) is 47.6 Å². The van der Waals surface area contributed by atoms with Crippen molar-refractivity contribution in [1.82, 2.24) is 0 Å². The molecule has 0 amide bonds. The van der Waals surface area contributed by atoms with Gasteiger partial charge in [-0.1, -0.05) is 70.4 Å². The summed E-state index contributed by atoms with van der Waals surface area (Å²) in [5, 5.41) is 19.9. The fraction of sp³-hybridized carbons (Fsp3) is 0.750. The van der Waals surface area contributed by atoms with E-state index >= 15 is 0 Å². The molecule has 2 unspecified atom stereocenters. The maximum absolute atomic E-state index is 13.3. The number of allylic oxidation sites excluding steroid dienone is 4. The highest BCUT2D eigenvalue weighted by Crippen LogP contribution is 2.64. The van der Waals surface area contributed by atoms with E-state index in [1.165, 1.54) is 5.57 Å². The highest BCUT2D eigenvalue weighted by molar-refractivity contribution is 5.38. The van der Waals surface area contributed by atoms with Gasteiger partial charge in [-0.3, -0.25) is 0 Å². The first-order valence-electron chi connectivity index (χ1n) is 14.8. The predicted octanol–water partition coefficient (Wildman–Crippen LogP) is 9.55. The van der Waals surface area contributed by atoms with Gasteiger partial charge in [0.25, 0.3) is 5.60 Å². The van der Waals surface area contributed by atoms with Crippen molar-refractivity contribution in [3.63, 3.8) is 0 Å². The van der Waals surface area contributed by atoms with Gasteiger partial charge < -0.3 is 10.2 Å². The van der Waals surface area contributed by atoms with Gasteiger partial charge in [-0.25, -0.2) is 0 Å². The Labute approximate surface area is 235 Å². The van der Waals surface area contributed by atoms with E-state index in [0.29, 0.717) is 12.3 Å². The first-order valence-corrected chi connectivity index (χ1v) is 14.8. The molecule has 0 aromatic carbocycles. The number of hydrogen-bond donors (Lipinski definition) is 2. The third-order valence-electron chi connectivity index (χ3n) is 10.2. The fourth-order valence-corrected chi connectivity index (χ4v) is 7.86. The quantitative estimate of drug-likeness (QED) is 0.163. The molecule has 8 heteroatoms. The summed E-state index contributed by atoms with van der Waals surface area (Å²) in [6.07, 6.45) is 3.61. The molecule has 3 aliphatic rings. The maximum Gasteiger partial charge on any atom is 0.429 e. The summed E-state index contributed by atoms with van der Waals surface area (Å²) in [7, 11) is 0. The van der Waals surface area contributed by atoms with E-state index in [2.05, 4.69) is 32.6 Å². The van der Waals surface area contributed by atoms with Gasteiger partial charge >= 0.3 is 12.4 Å². The number of fused-ring (bicyclic) bond motifs is 1. The summed E-state index contributed by atoms with van der Waals surface area (Å²) in [5.74, 6) is 0.417. The van der Waals surface area contributed by atoms with Crippen molar-refractivity contribution in [2.75, 3.05) is 0 Å². The van der Waals surface area contributed by atoms with Crippen molar-refractivity contribution in [2.24, 2.45) is 22.7 Å². The van der Waals surface area contributed by atoms with Crippen LogP contribution in [0.3, 0.4) is 0 Å². The van der Waals surface area contributed by atoms with Crippen LogP contribution in [0.1, 0.15) is 104 Å². The van der Waals surface area contributed by atoms with Gasteiger partial charge in [-0.05, 0) is 104 Å². The van der Waals surface area contributed by atoms with Crippen LogP contribution < -0.4 is 0 Å². The Kier molecular flexibility index (Phi) is 10.2. The van der Waals surface area contributed by atoms with E-state index in [4.69, 9.17) is 0 Å². The van der Waals surface area contributed by atoms with Crippen LogP contribution in [-0.2, 0) is 0 Å². The van der Waals surface area contributed by atoms with Crippen LogP contribution in [0.2, 0.25) is 0 Å². The molecule has 0 aromatic rings. The van der Waals surface area contributed by atoms with E-state index in [9.17, 15) is 36.6 Å². The number of alkyl halides is 6. The molecule has 3 aliphatic carbocycles. The van der Waals surface area contributed by atoms with Crippen molar-refractivity contribution < 1.29 is 36.6 Å². The van der Waals surface area contributed by atoms with Crippen molar-refractivity contribution in [2.45, 2.75) is 128 Å². The van der Waals surface area contributed by atoms with Gasteiger partial charge in [0.2, 0.25) is 0 Å². The zero-order valence-electron chi connectivity index (χ0n) is 24.1. The second kappa shape index (κ2) is 12.4. The summed E-state index contributed by atoms with van der Waals surface area (Å²) >= 11 is 0. The summed E-state index contributed by atoms with van der Waals surface area (Å²) < 4.78 is 79.8. The standard InChI is InChI=1S/C32H46F6O2/c1-5-6-7-18-28(3,19-10-21-30(40,31(33,34)35)32(36,37)38)27-17-16-25-24(12-9-20-29(25,27)4)15-14-23-11-8-13-26(39)22(23)2/h10,14-15,21,25-27,39-40H,2,5-9,11-13,16-20H2,1,3-4H3/b21-10-,23-14-,24-15+/t25?,26-,27?,28+,29-/m0/s1. The van der Waals surface area contributed by atoms with E-state index in [1.54, 1.807) is 0 Å². The van der Waals surface area contributed by atoms with E-state index in [-0.39, 0.29) is 23.8 Å². The number of unbranched alkanes of at least 4 members (excludes halogenated alkanes) is 2. The molecule has 2 N–H and O–H groups in total. The topological polar surface area (TPSA) is 40.5 Å². The summed E-state index contributed by atoms with van der Waals surface area (Å²) in [5.41, 5.74) is -2.30. The molecular formula is C32H46F6O2. The van der Waals surface area contributed by atoms with E-state index < -0.39 is 29.5 Å². The number of rotatable bonds is 9. The summed E-state index contributed by atoms with van der Waals surface area (Å²) in [6, 6.07) is 0. The molecule has 0 bridgehead atoms. The third kappa shape index (κ3) is 6.58. The zero-order chi connectivity index (χ0) is 30.0. The SMILES string of the molecule is C=C1/C(=C\C=C2/CCC[C@@]3(C)C2CCC3[C@@](C)(C/C=C\C(O)(C(F)(F)F)C(F)(F)F)CCCCC)CCC[C@@H]1O. The van der Waals surface area contributed by atoms with Gasteiger partial charge in [0.05, 0.1) is 6.10 Å². The molecule has 2 nitrogen and oxygen atoms in total. The van der Waals surface area contributed by atoms with Gasteiger partial charge in [0, 0.05) is 0 Å². The van der Waals surface area contributed by atoms with Crippen molar-refractivity contribution >= 4 is 0 Å². The second-order valence-electron chi connectivity index (χ2n) is 12.9. The summed E-state index contributed by atoms with van der Waals surface area (Å²) in [4.78, 5) is 0. The molecule has 0 spiro atoms. The Bertz CT molecular complexity index is 976. The Balaban J connectivity index is 1.90. The minimum absolute atomic E-state index is 0.0406. The molecule has 0 aliphatic heterocycles. The Morgan fingerprint density at radius 3 is 2.27 bits per heavy atom. The Morgan fingerprint density at radius 1 is 0.975 bits per heavy atom. The molecule has 5 atom stereocenters. The first kappa shape index (κ1) is 33.0. The lowest BCUT2D eigenvalue weighted by Gasteiger charge is -2.49. The zero-order valence-corrected chi connectivity index (χ0v) is 24.1. The Morgan fingerprint density at radius 2 is 1.65 bits per heavy atom. The van der Waals surface area contributed by atoms with Crippen molar-refractivity contribution in [3.8, 4) is 0 Å². The van der Waals surface area contributed by atoms with Crippen LogP contribution >= 0.6 is 0 Å². The number of halogens is 6. The van der Waals surface area contributed by atoms with E-state index in [0.717, 1.165) is 87.9 Å². The molecule has 0 aromatic heterocycles. The molecule has 228 valence electrons. The maximum atomic E-state index is 13.3. The number of aliphatic hydroxyl groups excluding tert-OH is 1. The first-order chi connectivity index (χ1) is 18.5. The average molecular weight is 577 g/mol. The number of aliphatic hydroxyl groups is 2. The monoisotopic (exact) mass is 576 g/mol. The van der Waals surface area contributed by atoms with Gasteiger partial charge in [-0.2, -0.15) is 26.3 Å². The average Bonchev–Trinajstić information content (AvgIpc) is 3.22. The van der Waals surface area contributed by atoms with Crippen molar-refractivity contribution in [3.05, 3.63) is 47.6 Å². The van der Waals surface area contributed by atoms with Crippen LogP contribution in [0.5, 0.6) is 0 Å². The third-order valence-corrected chi connectivity index (χ3v) is 10.2. The largest absolute Gasteiger partial charge is 0.429 e. The van der Waals surface area contributed by atoms with Crippen LogP contribution in [0, 0.1) is 22.7 Å². The molecule has 0 heterocycles. The summed E-state index contributed by atoms with van der Waals surface area (Å²) in [6.45, 7) is 10.4. The minimum atomic E-state index is -5.86. The molecular weight excluding hydrogens is 530 g/mol. The lowest BCUT2D eigenvalue weighted by molar-refractivity contribution is -0.347. The predicted molar refractivity (Wildman–Crippen MR) is 146 cm³/mol. The molecule has 40 heavy (non-hydrogen) atoms. The second-order valence-corrected chi connectivity index (χ2v) is 12.9. The molecule has 3 rings (SSSR count). The smallest absolute Gasteiger partial charge is 0.388 e. The lowest BCUT2D eigenvalue weighted by atomic mass is 9.55. The lowest BCUT2D eigenvalue weighted by Crippen LogP contribution is -2.55. The van der Waals surface area contributed by atoms with E-state index in [1.807, 2.05) is 6.92 Å². The van der Waals surface area contributed by atoms with Crippen LogP contribution in [0.4, 0.5) is 26.3 Å². The van der Waals surface area contributed by atoms with Gasteiger partial charge in [0.1, 0.15) is 0 Å². The molecule has 0 saturated heterocycles. The molecule has 3 fully saturated rings. The van der Waals surface area contributed by atoms with Gasteiger partial charge in [0.15, 0.2) is 0 Å². The van der Waals surface area contributed by atoms with Crippen LogP contribution in [0.25, 0.3) is 0 Å². The normalized spacial score (nSPS) is 32.2. The number of hydrogen-bond acceptors (Lipinski definition) is 2. The van der Waals surface area contributed by atoms with Gasteiger partial charge in [-0.15, -0.1) is 0 Å². The Hall–Kier alpha value is -1.54. The van der Waals surface area contributed by atoms with Crippen molar-refractivity contribution in [1.29, 1.82) is 0 Å². The highest BCUT2D eigenvalue weighted by Gasteiger charge is 2.69. The van der Waals surface area contributed by atoms with Crippen LogP contribution in [-0.4, -0.2) is 34.3 Å². The fourth-order valence-electron chi connectivity index (χ4n) is 7.86.